The van der Waals surface area contributed by atoms with Gasteiger partial charge in [-0.15, -0.1) is 0 Å². The number of aromatic nitrogens is 1. The zero-order valence-electron chi connectivity index (χ0n) is 5.58. The molecule has 0 aliphatic rings. The topological polar surface area (TPSA) is 36.7 Å². The van der Waals surface area contributed by atoms with Crippen LogP contribution in [0.15, 0.2) is 24.4 Å². The molecule has 0 aromatic carbocycles. The maximum absolute atomic E-state index is 8.23. The van der Waals surface area contributed by atoms with E-state index in [4.69, 9.17) is 5.26 Å². The molecule has 46 valence electrons. The summed E-state index contributed by atoms with van der Waals surface area (Å²) in [4.78, 5) is 3.74. The Morgan fingerprint density at radius 3 is 2.40 bits per heavy atom. The van der Waals surface area contributed by atoms with Crippen LogP contribution in [0, 0.1) is 11.3 Å². The molecule has 0 bridgehead atoms. The number of pyridine rings is 1. The smallest absolute Gasteiger partial charge is 1.00 e. The van der Waals surface area contributed by atoms with Gasteiger partial charge in [0.25, 0.3) is 0 Å². The van der Waals surface area contributed by atoms with Crippen molar-refractivity contribution in [2.45, 2.75) is 0 Å². The third kappa shape index (κ3) is 3.86. The Bertz CT molecular complexity index is 207. The molecule has 4 heteroatoms. The van der Waals surface area contributed by atoms with Gasteiger partial charge in [-0.25, -0.2) is 4.98 Å². The quantitative estimate of drug-likeness (QED) is 0.358. The molecule has 0 N–H and O–H groups in total. The first-order valence-electron chi connectivity index (χ1n) is 2.24. The van der Waals surface area contributed by atoms with Crippen molar-refractivity contribution in [2.75, 3.05) is 0 Å². The van der Waals surface area contributed by atoms with Gasteiger partial charge in [0.1, 0.15) is 11.8 Å². The predicted molar refractivity (Wildman–Crippen MR) is 29.0 cm³/mol. The summed E-state index contributed by atoms with van der Waals surface area (Å²) in [7, 11) is 0. The number of hydrogen-bond donors (Lipinski definition) is 0. The van der Waals surface area contributed by atoms with Crippen LogP contribution in [0.2, 0.25) is 0 Å². The first kappa shape index (κ1) is 12.6. The third-order valence-electron chi connectivity index (χ3n) is 0.779. The summed E-state index contributed by atoms with van der Waals surface area (Å²) in [6, 6.07) is 7.14. The minimum absolute atomic E-state index is 0. The van der Waals surface area contributed by atoms with Crippen molar-refractivity contribution >= 4 is 0 Å². The summed E-state index contributed by atoms with van der Waals surface area (Å²) >= 11 is 0. The van der Waals surface area contributed by atoms with Gasteiger partial charge in [0.15, 0.2) is 0 Å². The van der Waals surface area contributed by atoms with E-state index in [1.807, 2.05) is 6.07 Å². The van der Waals surface area contributed by atoms with Crippen LogP contribution in [-0.2, 0) is 0 Å². The number of rotatable bonds is 0. The molecule has 0 saturated carbocycles. The minimum Gasteiger partial charge on any atom is -1.00 e. The van der Waals surface area contributed by atoms with Crippen LogP contribution in [0.4, 0.5) is 0 Å². The molecule has 0 aliphatic heterocycles. The van der Waals surface area contributed by atoms with Gasteiger partial charge in [0.2, 0.25) is 0 Å². The largest absolute Gasteiger partial charge is 1.00 e. The Morgan fingerprint density at radius 1 is 1.40 bits per heavy atom. The van der Waals surface area contributed by atoms with Gasteiger partial charge in [-0.1, -0.05) is 6.07 Å². The normalized spacial score (nSPS) is 6.30. The van der Waals surface area contributed by atoms with Crippen LogP contribution in [0.5, 0.6) is 0 Å². The number of halogens is 1. The van der Waals surface area contributed by atoms with Gasteiger partial charge in [0, 0.05) is 6.20 Å². The van der Waals surface area contributed by atoms with Crippen LogP contribution in [0.3, 0.4) is 0 Å². The summed E-state index contributed by atoms with van der Waals surface area (Å²) in [5.74, 6) is 0. The Hall–Kier alpha value is -0.0700. The molecular weight excluding hydrogens is 159 g/mol. The van der Waals surface area contributed by atoms with Crippen molar-refractivity contribution < 1.29 is 42.0 Å². The first-order valence-corrected chi connectivity index (χ1v) is 2.24. The first-order chi connectivity index (χ1) is 3.93. The Kier molecular flexibility index (Phi) is 8.87. The van der Waals surface area contributed by atoms with Crippen molar-refractivity contribution in [1.82, 2.24) is 4.98 Å². The van der Waals surface area contributed by atoms with E-state index in [-0.39, 0.29) is 42.0 Å². The zero-order chi connectivity index (χ0) is 5.82. The van der Waals surface area contributed by atoms with Gasteiger partial charge in [-0.3, -0.25) is 0 Å². The zero-order valence-corrected chi connectivity index (χ0v) is 8.34. The predicted octanol–water partition coefficient (Wildman–Crippen LogP) is -5.04. The second-order valence-electron chi connectivity index (χ2n) is 1.33. The fourth-order valence-electron chi connectivity index (χ4n) is 0.429. The van der Waals surface area contributed by atoms with Crippen LogP contribution in [0.25, 0.3) is 0 Å². The molecular formula is C6H4ClN2Na. The van der Waals surface area contributed by atoms with E-state index in [9.17, 15) is 0 Å². The van der Waals surface area contributed by atoms with Gasteiger partial charge < -0.3 is 12.4 Å². The molecule has 1 aromatic heterocycles. The van der Waals surface area contributed by atoms with Gasteiger partial charge in [-0.2, -0.15) is 5.26 Å². The fourth-order valence-corrected chi connectivity index (χ4v) is 0.429. The molecule has 0 saturated heterocycles. The molecule has 0 aliphatic carbocycles. The SMILES string of the molecule is N#Cc1ccccn1.[Cl-].[Na+]. The molecule has 0 radical (unpaired) electrons. The van der Waals surface area contributed by atoms with Gasteiger partial charge in [-0.05, 0) is 12.1 Å². The van der Waals surface area contributed by atoms with Crippen molar-refractivity contribution in [1.29, 1.82) is 5.26 Å². The Balaban J connectivity index is 0. The standard InChI is InChI=1S/C6H4N2.ClH.Na/c7-5-6-3-1-2-4-8-6;;/h1-4H;1H;/q;;+1/p-1. The third-order valence-corrected chi connectivity index (χ3v) is 0.779. The van der Waals surface area contributed by atoms with E-state index in [2.05, 4.69) is 4.98 Å². The van der Waals surface area contributed by atoms with Crippen LogP contribution < -0.4 is 42.0 Å². The van der Waals surface area contributed by atoms with Crippen molar-refractivity contribution in [3.8, 4) is 6.07 Å². The molecule has 10 heavy (non-hydrogen) atoms. The Morgan fingerprint density at radius 2 is 2.10 bits per heavy atom. The molecule has 0 unspecified atom stereocenters. The average molecular weight is 163 g/mol. The van der Waals surface area contributed by atoms with Crippen molar-refractivity contribution in [3.63, 3.8) is 0 Å². The monoisotopic (exact) mass is 162 g/mol. The van der Waals surface area contributed by atoms with E-state index in [0.29, 0.717) is 5.69 Å². The molecule has 2 nitrogen and oxygen atoms in total. The second kappa shape index (κ2) is 7.04. The van der Waals surface area contributed by atoms with E-state index in [0.717, 1.165) is 0 Å². The molecule has 0 spiro atoms. The summed E-state index contributed by atoms with van der Waals surface area (Å²) in [5, 5.41) is 8.23. The Labute approximate surface area is 88.0 Å². The summed E-state index contributed by atoms with van der Waals surface area (Å²) < 4.78 is 0. The fraction of sp³-hybridized carbons (Fsp3) is 0. The summed E-state index contributed by atoms with van der Waals surface area (Å²) in [6.45, 7) is 0. The van der Waals surface area contributed by atoms with Gasteiger partial charge in [0.05, 0.1) is 0 Å². The second-order valence-corrected chi connectivity index (χ2v) is 1.33. The van der Waals surface area contributed by atoms with E-state index in [1.165, 1.54) is 0 Å². The van der Waals surface area contributed by atoms with Crippen LogP contribution >= 0.6 is 0 Å². The molecule has 1 rings (SSSR count). The maximum atomic E-state index is 8.23. The molecule has 1 heterocycles. The van der Waals surface area contributed by atoms with Crippen molar-refractivity contribution in [3.05, 3.63) is 30.1 Å². The number of nitrogens with zero attached hydrogens (tertiary/aromatic N) is 2. The maximum Gasteiger partial charge on any atom is 1.00 e. The number of hydrogen-bond acceptors (Lipinski definition) is 2. The van der Waals surface area contributed by atoms with Crippen LogP contribution in [-0.4, -0.2) is 4.98 Å². The summed E-state index contributed by atoms with van der Waals surface area (Å²) in [5.41, 5.74) is 0.465. The molecule has 0 amide bonds. The van der Waals surface area contributed by atoms with Gasteiger partial charge >= 0.3 is 29.6 Å². The summed E-state index contributed by atoms with van der Waals surface area (Å²) in [6.07, 6.45) is 1.60. The van der Waals surface area contributed by atoms with E-state index >= 15 is 0 Å². The molecule has 0 fully saturated rings. The van der Waals surface area contributed by atoms with Crippen molar-refractivity contribution in [2.24, 2.45) is 0 Å². The minimum atomic E-state index is 0. The molecule has 0 atom stereocenters. The number of nitriles is 1. The molecule has 1 aromatic rings. The average Bonchev–Trinajstić information content (AvgIpc) is 1.90. The van der Waals surface area contributed by atoms with E-state index in [1.54, 1.807) is 24.4 Å². The van der Waals surface area contributed by atoms with E-state index < -0.39 is 0 Å². The van der Waals surface area contributed by atoms with Crippen LogP contribution in [0.1, 0.15) is 5.69 Å².